The molecule has 1 aliphatic carbocycles. The monoisotopic (exact) mass is 472 g/mol. The fourth-order valence-electron chi connectivity index (χ4n) is 4.96. The van der Waals surface area contributed by atoms with Crippen molar-refractivity contribution in [3.63, 3.8) is 0 Å². The summed E-state index contributed by atoms with van der Waals surface area (Å²) in [5.74, 6) is 0.0206. The SMILES string of the molecule is CN(C)c1ccc(C(=O)NCCCCCCCCNc2c3c(nc4ccccc24)CCCC3)cc1. The summed E-state index contributed by atoms with van der Waals surface area (Å²) < 4.78 is 0. The Morgan fingerprint density at radius 3 is 2.31 bits per heavy atom. The Bertz CT molecular complexity index is 1110. The van der Waals surface area contributed by atoms with Gasteiger partial charge in [-0.05, 0) is 74.4 Å². The number of carbonyl (C=O) groups excluding carboxylic acids is 1. The first kappa shape index (κ1) is 25.0. The molecule has 0 radical (unpaired) electrons. The smallest absolute Gasteiger partial charge is 0.251 e. The lowest BCUT2D eigenvalue weighted by Gasteiger charge is -2.21. The van der Waals surface area contributed by atoms with Crippen LogP contribution < -0.4 is 15.5 Å². The van der Waals surface area contributed by atoms with Crippen LogP contribution in [0.3, 0.4) is 0 Å². The van der Waals surface area contributed by atoms with Crippen molar-refractivity contribution in [3.05, 3.63) is 65.4 Å². The molecular weight excluding hydrogens is 432 g/mol. The largest absolute Gasteiger partial charge is 0.384 e. The van der Waals surface area contributed by atoms with Crippen molar-refractivity contribution in [2.75, 3.05) is 37.4 Å². The van der Waals surface area contributed by atoms with Crippen LogP contribution in [-0.4, -0.2) is 38.1 Å². The molecule has 0 saturated heterocycles. The van der Waals surface area contributed by atoms with Gasteiger partial charge in [0.15, 0.2) is 0 Å². The number of nitrogens with one attached hydrogen (secondary N) is 2. The Kier molecular flexibility index (Phi) is 8.99. The van der Waals surface area contributed by atoms with Gasteiger partial charge in [-0.2, -0.15) is 0 Å². The maximum atomic E-state index is 12.3. The van der Waals surface area contributed by atoms with Crippen LogP contribution in [0.1, 0.15) is 73.0 Å². The number of hydrogen-bond donors (Lipinski definition) is 2. The summed E-state index contributed by atoms with van der Waals surface area (Å²) in [6, 6.07) is 16.3. The molecule has 0 saturated carbocycles. The average Bonchev–Trinajstić information content (AvgIpc) is 2.89. The topological polar surface area (TPSA) is 57.3 Å². The predicted octanol–water partition coefficient (Wildman–Crippen LogP) is 6.36. The zero-order valence-corrected chi connectivity index (χ0v) is 21.4. The molecule has 4 rings (SSSR count). The minimum Gasteiger partial charge on any atom is -0.384 e. The van der Waals surface area contributed by atoms with Gasteiger partial charge in [0.25, 0.3) is 5.91 Å². The van der Waals surface area contributed by atoms with E-state index < -0.39 is 0 Å². The average molecular weight is 473 g/mol. The number of nitrogens with zero attached hydrogens (tertiary/aromatic N) is 2. The van der Waals surface area contributed by atoms with Gasteiger partial charge in [-0.15, -0.1) is 0 Å². The van der Waals surface area contributed by atoms with Crippen molar-refractivity contribution < 1.29 is 4.79 Å². The molecule has 2 aromatic carbocycles. The van der Waals surface area contributed by atoms with Gasteiger partial charge in [0.2, 0.25) is 0 Å². The number of benzene rings is 2. The molecule has 0 spiro atoms. The van der Waals surface area contributed by atoms with E-state index in [1.165, 1.54) is 60.9 Å². The fourth-order valence-corrected chi connectivity index (χ4v) is 4.96. The molecule has 35 heavy (non-hydrogen) atoms. The number of carbonyl (C=O) groups is 1. The normalized spacial score (nSPS) is 12.9. The molecule has 0 bridgehead atoms. The van der Waals surface area contributed by atoms with Gasteiger partial charge in [0, 0.05) is 55.2 Å². The molecule has 1 heterocycles. The van der Waals surface area contributed by atoms with E-state index in [-0.39, 0.29) is 5.91 Å². The Hall–Kier alpha value is -3.08. The third kappa shape index (κ3) is 6.74. The summed E-state index contributed by atoms with van der Waals surface area (Å²) in [4.78, 5) is 19.3. The van der Waals surface area contributed by atoms with Gasteiger partial charge in [0.05, 0.1) is 5.52 Å². The highest BCUT2D eigenvalue weighted by Gasteiger charge is 2.17. The standard InChI is InChI=1S/C30H40N4O/c1-34(2)24-19-17-23(18-20-24)30(35)32-22-12-6-4-3-5-11-21-31-29-25-13-7-9-15-27(25)33-28-16-10-8-14-26(28)29/h7,9,13,15,17-20H,3-6,8,10-12,14,16,21-22H2,1-2H3,(H,31,33)(H,32,35). The summed E-state index contributed by atoms with van der Waals surface area (Å²) >= 11 is 0. The lowest BCUT2D eigenvalue weighted by molar-refractivity contribution is 0.0953. The highest BCUT2D eigenvalue weighted by atomic mass is 16.1. The number of hydrogen-bond acceptors (Lipinski definition) is 4. The van der Waals surface area contributed by atoms with Crippen LogP contribution in [0.25, 0.3) is 10.9 Å². The maximum absolute atomic E-state index is 12.3. The lowest BCUT2D eigenvalue weighted by atomic mass is 9.92. The van der Waals surface area contributed by atoms with Crippen LogP contribution in [0.2, 0.25) is 0 Å². The second kappa shape index (κ2) is 12.6. The van der Waals surface area contributed by atoms with Gasteiger partial charge in [0.1, 0.15) is 0 Å². The molecule has 5 heteroatoms. The minimum atomic E-state index is 0.0206. The first-order valence-electron chi connectivity index (χ1n) is 13.3. The fraction of sp³-hybridized carbons (Fsp3) is 0.467. The van der Waals surface area contributed by atoms with Crippen LogP contribution in [0.5, 0.6) is 0 Å². The van der Waals surface area contributed by atoms with E-state index in [9.17, 15) is 4.79 Å². The molecule has 1 amide bonds. The van der Waals surface area contributed by atoms with E-state index in [1.54, 1.807) is 0 Å². The van der Waals surface area contributed by atoms with Crippen LogP contribution in [0.4, 0.5) is 11.4 Å². The van der Waals surface area contributed by atoms with Gasteiger partial charge < -0.3 is 15.5 Å². The molecule has 3 aromatic rings. The summed E-state index contributed by atoms with van der Waals surface area (Å²) in [7, 11) is 4.00. The van der Waals surface area contributed by atoms with E-state index in [4.69, 9.17) is 4.98 Å². The number of pyridine rings is 1. The Labute approximate surface area is 210 Å². The molecule has 0 atom stereocenters. The van der Waals surface area contributed by atoms with E-state index in [2.05, 4.69) is 34.9 Å². The number of fused-ring (bicyclic) bond motifs is 2. The van der Waals surface area contributed by atoms with Crippen LogP contribution in [0.15, 0.2) is 48.5 Å². The second-order valence-corrected chi connectivity index (χ2v) is 9.88. The van der Waals surface area contributed by atoms with Crippen molar-refractivity contribution in [2.24, 2.45) is 0 Å². The van der Waals surface area contributed by atoms with Crippen molar-refractivity contribution in [3.8, 4) is 0 Å². The van der Waals surface area contributed by atoms with Gasteiger partial charge in [-0.25, -0.2) is 0 Å². The van der Waals surface area contributed by atoms with Gasteiger partial charge in [-0.3, -0.25) is 9.78 Å². The lowest BCUT2D eigenvalue weighted by Crippen LogP contribution is -2.24. The number of unbranched alkanes of at least 4 members (excludes halogenated alkanes) is 5. The van der Waals surface area contributed by atoms with Crippen molar-refractivity contribution in [1.82, 2.24) is 10.3 Å². The molecule has 0 unspecified atom stereocenters. The molecule has 186 valence electrons. The summed E-state index contributed by atoms with van der Waals surface area (Å²) in [6.45, 7) is 1.76. The summed E-state index contributed by atoms with van der Waals surface area (Å²) in [5.41, 5.74) is 7.03. The molecule has 1 aromatic heterocycles. The molecule has 1 aliphatic rings. The zero-order chi connectivity index (χ0) is 24.5. The quantitative estimate of drug-likeness (QED) is 0.301. The zero-order valence-electron chi connectivity index (χ0n) is 21.4. The number of para-hydroxylation sites is 1. The third-order valence-corrected chi connectivity index (χ3v) is 7.01. The van der Waals surface area contributed by atoms with Crippen LogP contribution in [0, 0.1) is 0 Å². The predicted molar refractivity (Wildman–Crippen MR) is 148 cm³/mol. The van der Waals surface area contributed by atoms with E-state index in [1.807, 2.05) is 43.3 Å². The van der Waals surface area contributed by atoms with E-state index >= 15 is 0 Å². The first-order valence-corrected chi connectivity index (χ1v) is 13.3. The summed E-state index contributed by atoms with van der Waals surface area (Å²) in [5, 5.41) is 8.09. The highest BCUT2D eigenvalue weighted by Crippen LogP contribution is 2.33. The first-order chi connectivity index (χ1) is 17.1. The van der Waals surface area contributed by atoms with E-state index in [0.717, 1.165) is 55.5 Å². The Balaban J connectivity index is 1.11. The molecule has 2 N–H and O–H groups in total. The van der Waals surface area contributed by atoms with Crippen molar-refractivity contribution in [2.45, 2.75) is 64.2 Å². The van der Waals surface area contributed by atoms with Gasteiger partial charge in [-0.1, -0.05) is 43.9 Å². The Morgan fingerprint density at radius 2 is 1.54 bits per heavy atom. The highest BCUT2D eigenvalue weighted by molar-refractivity contribution is 5.94. The summed E-state index contributed by atoms with van der Waals surface area (Å²) in [6.07, 6.45) is 11.9. The van der Waals surface area contributed by atoms with Crippen molar-refractivity contribution >= 4 is 28.2 Å². The Morgan fingerprint density at radius 1 is 0.857 bits per heavy atom. The second-order valence-electron chi connectivity index (χ2n) is 9.88. The number of rotatable bonds is 12. The van der Waals surface area contributed by atoms with Crippen LogP contribution >= 0.6 is 0 Å². The minimum absolute atomic E-state index is 0.0206. The van der Waals surface area contributed by atoms with Gasteiger partial charge >= 0.3 is 0 Å². The number of aryl methyl sites for hydroxylation is 1. The van der Waals surface area contributed by atoms with Crippen molar-refractivity contribution in [1.29, 1.82) is 0 Å². The van der Waals surface area contributed by atoms with E-state index in [0.29, 0.717) is 0 Å². The van der Waals surface area contributed by atoms with Crippen LogP contribution in [-0.2, 0) is 12.8 Å². The molecule has 0 fully saturated rings. The third-order valence-electron chi connectivity index (χ3n) is 7.01. The number of aromatic nitrogens is 1. The number of amides is 1. The number of anilines is 2. The molecule has 5 nitrogen and oxygen atoms in total. The molecule has 0 aliphatic heterocycles. The molecular formula is C30H40N4O. The maximum Gasteiger partial charge on any atom is 0.251 e.